The number of hydrogen-bond donors (Lipinski definition) is 1. The lowest BCUT2D eigenvalue weighted by Gasteiger charge is -2.09. The van der Waals surface area contributed by atoms with Crippen LogP contribution in [0.2, 0.25) is 15.1 Å². The molecule has 0 amide bonds. The molecule has 9 heteroatoms. The van der Waals surface area contributed by atoms with Crippen LogP contribution in [0.5, 0.6) is 11.5 Å². The molecule has 0 aliphatic rings. The second kappa shape index (κ2) is 10.4. The van der Waals surface area contributed by atoms with Crippen molar-refractivity contribution in [1.29, 1.82) is 0 Å². The quantitative estimate of drug-likeness (QED) is 0.203. The second-order valence-corrected chi connectivity index (χ2v) is 7.54. The summed E-state index contributed by atoms with van der Waals surface area (Å²) in [5.41, 5.74) is 7.34. The number of carbonyl (C=O) groups is 1. The Morgan fingerprint density at radius 3 is 2.39 bits per heavy atom. The Kier molecular flexibility index (Phi) is 7.63. The molecule has 0 saturated heterocycles. The molecule has 0 aromatic heterocycles. The van der Waals surface area contributed by atoms with Gasteiger partial charge in [-0.15, -0.1) is 0 Å². The van der Waals surface area contributed by atoms with Gasteiger partial charge in [-0.05, 0) is 54.1 Å². The summed E-state index contributed by atoms with van der Waals surface area (Å²) < 4.78 is 10.9. The number of carbonyl (C=O) groups excluding carboxylic acids is 1. The van der Waals surface area contributed by atoms with E-state index < -0.39 is 5.97 Å². The van der Waals surface area contributed by atoms with E-state index in [1.807, 2.05) is 0 Å². The van der Waals surface area contributed by atoms with Crippen LogP contribution in [0, 0.1) is 0 Å². The molecule has 0 bridgehead atoms. The lowest BCUT2D eigenvalue weighted by Crippen LogP contribution is -2.16. The third kappa shape index (κ3) is 6.04. The van der Waals surface area contributed by atoms with Crippen LogP contribution < -0.4 is 15.2 Å². The van der Waals surface area contributed by atoms with Gasteiger partial charge in [0.2, 0.25) is 0 Å². The van der Waals surface area contributed by atoms with Gasteiger partial charge < -0.3 is 20.0 Å². The molecule has 3 aromatic carbocycles. The van der Waals surface area contributed by atoms with Crippen LogP contribution in [-0.2, 0) is 11.4 Å². The van der Waals surface area contributed by atoms with Crippen molar-refractivity contribution in [2.45, 2.75) is 6.61 Å². The predicted octanol–water partition coefficient (Wildman–Crippen LogP) is 5.71. The molecule has 0 fully saturated rings. The van der Waals surface area contributed by atoms with E-state index in [1.54, 1.807) is 60.7 Å². The monoisotopic (exact) mass is 478 g/mol. The van der Waals surface area contributed by atoms with Gasteiger partial charge >= 0.3 is 5.97 Å². The lowest BCUT2D eigenvalue weighted by molar-refractivity contribution is 0.0515. The highest BCUT2D eigenvalue weighted by atomic mass is 35.5. The molecule has 160 valence electrons. The van der Waals surface area contributed by atoms with Crippen LogP contribution in [0.15, 0.2) is 65.8 Å². The first-order valence-corrected chi connectivity index (χ1v) is 10.1. The molecule has 2 N–H and O–H groups in total. The summed E-state index contributed by atoms with van der Waals surface area (Å²) in [6.45, 7) is 0.188. The van der Waals surface area contributed by atoms with Gasteiger partial charge in [-0.1, -0.05) is 52.1 Å². The van der Waals surface area contributed by atoms with Crippen molar-refractivity contribution in [3.8, 4) is 11.5 Å². The van der Waals surface area contributed by atoms with Crippen molar-refractivity contribution in [3.05, 3.63) is 92.4 Å². The maximum Gasteiger partial charge on any atom is 0.365 e. The van der Waals surface area contributed by atoms with Crippen LogP contribution in [0.4, 0.5) is 0 Å². The number of methoxy groups -OCH3 is 1. The van der Waals surface area contributed by atoms with E-state index in [2.05, 4.69) is 5.16 Å². The van der Waals surface area contributed by atoms with Gasteiger partial charge in [-0.3, -0.25) is 0 Å². The average Bonchev–Trinajstić information content (AvgIpc) is 2.76. The van der Waals surface area contributed by atoms with E-state index in [0.29, 0.717) is 32.1 Å². The van der Waals surface area contributed by atoms with Crippen LogP contribution in [0.25, 0.3) is 0 Å². The predicted molar refractivity (Wildman–Crippen MR) is 121 cm³/mol. The molecule has 6 nitrogen and oxygen atoms in total. The SMILES string of the molecule is COc1ccc(Cl)cc1/C(N)=N/OC(=O)c1cccc(COc2ccc(Cl)cc2Cl)c1. The Morgan fingerprint density at radius 1 is 0.968 bits per heavy atom. The molecule has 3 aromatic rings. The number of nitrogens with two attached hydrogens (primary N) is 1. The first-order valence-electron chi connectivity index (χ1n) is 8.93. The number of hydrogen-bond acceptors (Lipinski definition) is 5. The van der Waals surface area contributed by atoms with Crippen molar-refractivity contribution in [2.24, 2.45) is 10.9 Å². The molecule has 0 heterocycles. The minimum absolute atomic E-state index is 0.0513. The number of oxime groups is 1. The summed E-state index contributed by atoms with van der Waals surface area (Å²) >= 11 is 18.0. The van der Waals surface area contributed by atoms with Gasteiger partial charge in [0.05, 0.1) is 23.3 Å². The van der Waals surface area contributed by atoms with E-state index >= 15 is 0 Å². The fourth-order valence-electron chi connectivity index (χ4n) is 2.61. The first-order chi connectivity index (χ1) is 14.9. The summed E-state index contributed by atoms with van der Waals surface area (Å²) in [7, 11) is 1.48. The van der Waals surface area contributed by atoms with Crippen molar-refractivity contribution >= 4 is 46.6 Å². The van der Waals surface area contributed by atoms with Crippen molar-refractivity contribution in [1.82, 2.24) is 0 Å². The fraction of sp³-hybridized carbons (Fsp3) is 0.0909. The molecular weight excluding hydrogens is 463 g/mol. The molecule has 0 saturated carbocycles. The molecule has 0 atom stereocenters. The molecule has 3 rings (SSSR count). The number of nitrogens with zero attached hydrogens (tertiary/aromatic N) is 1. The van der Waals surface area contributed by atoms with Crippen LogP contribution >= 0.6 is 34.8 Å². The van der Waals surface area contributed by atoms with Crippen LogP contribution in [0.3, 0.4) is 0 Å². The third-order valence-electron chi connectivity index (χ3n) is 4.12. The summed E-state index contributed by atoms with van der Waals surface area (Å²) in [5.74, 6) is 0.188. The zero-order valence-electron chi connectivity index (χ0n) is 16.3. The zero-order chi connectivity index (χ0) is 22.4. The minimum Gasteiger partial charge on any atom is -0.496 e. The Bertz CT molecular complexity index is 1140. The van der Waals surface area contributed by atoms with Gasteiger partial charge in [0.25, 0.3) is 0 Å². The maximum absolute atomic E-state index is 12.4. The van der Waals surface area contributed by atoms with Gasteiger partial charge in [-0.25, -0.2) is 4.79 Å². The fourth-order valence-corrected chi connectivity index (χ4v) is 3.25. The maximum atomic E-state index is 12.4. The van der Waals surface area contributed by atoms with Gasteiger partial charge in [0.15, 0.2) is 5.84 Å². The highest BCUT2D eigenvalue weighted by Gasteiger charge is 2.12. The van der Waals surface area contributed by atoms with E-state index in [0.717, 1.165) is 5.56 Å². The molecule has 0 radical (unpaired) electrons. The number of benzene rings is 3. The second-order valence-electron chi connectivity index (χ2n) is 6.26. The van der Waals surface area contributed by atoms with E-state index in [4.69, 9.17) is 54.8 Å². The van der Waals surface area contributed by atoms with Gasteiger partial charge in [0, 0.05) is 10.0 Å². The van der Waals surface area contributed by atoms with E-state index in [9.17, 15) is 4.79 Å². The van der Waals surface area contributed by atoms with E-state index in [-0.39, 0.29) is 18.0 Å². The molecule has 0 unspecified atom stereocenters. The standard InChI is InChI=1S/C22H17Cl3N2O4/c1-29-19-7-5-15(23)10-17(19)21(26)27-31-22(28)14-4-2-3-13(9-14)12-30-20-8-6-16(24)11-18(20)25/h2-11H,12H2,1H3,(H2,26,27). The average molecular weight is 480 g/mol. The first kappa shape index (κ1) is 22.7. The summed E-state index contributed by atoms with van der Waals surface area (Å²) in [6, 6.07) is 16.5. The summed E-state index contributed by atoms with van der Waals surface area (Å²) in [6.07, 6.45) is 0. The minimum atomic E-state index is -0.685. The Morgan fingerprint density at radius 2 is 1.68 bits per heavy atom. The summed E-state index contributed by atoms with van der Waals surface area (Å²) in [5, 5.41) is 5.05. The van der Waals surface area contributed by atoms with Crippen molar-refractivity contribution < 1.29 is 19.1 Å². The highest BCUT2D eigenvalue weighted by molar-refractivity contribution is 6.35. The number of ether oxygens (including phenoxy) is 2. The lowest BCUT2D eigenvalue weighted by atomic mass is 10.1. The smallest absolute Gasteiger partial charge is 0.365 e. The molecule has 0 spiro atoms. The van der Waals surface area contributed by atoms with Crippen molar-refractivity contribution in [3.63, 3.8) is 0 Å². The van der Waals surface area contributed by atoms with E-state index in [1.165, 1.54) is 7.11 Å². The number of amidine groups is 1. The topological polar surface area (TPSA) is 83.1 Å². The Balaban J connectivity index is 1.68. The molecule has 31 heavy (non-hydrogen) atoms. The molecular formula is C22H17Cl3N2O4. The molecule has 0 aliphatic heterocycles. The normalized spacial score (nSPS) is 11.2. The van der Waals surface area contributed by atoms with Gasteiger partial charge in [0.1, 0.15) is 18.1 Å². The Labute approximate surface area is 194 Å². The zero-order valence-corrected chi connectivity index (χ0v) is 18.5. The van der Waals surface area contributed by atoms with Crippen molar-refractivity contribution in [2.75, 3.05) is 7.11 Å². The van der Waals surface area contributed by atoms with Crippen LogP contribution in [-0.4, -0.2) is 18.9 Å². The largest absolute Gasteiger partial charge is 0.496 e. The molecule has 0 aliphatic carbocycles. The number of halogens is 3. The van der Waals surface area contributed by atoms with Crippen LogP contribution in [0.1, 0.15) is 21.5 Å². The highest BCUT2D eigenvalue weighted by Crippen LogP contribution is 2.28. The number of rotatable bonds is 7. The summed E-state index contributed by atoms with van der Waals surface area (Å²) in [4.78, 5) is 17.4. The Hall–Kier alpha value is -2.93. The third-order valence-corrected chi connectivity index (χ3v) is 4.88. The van der Waals surface area contributed by atoms with Gasteiger partial charge in [-0.2, -0.15) is 0 Å².